The summed E-state index contributed by atoms with van der Waals surface area (Å²) in [6.45, 7) is 10.9. The number of esters is 1. The van der Waals surface area contributed by atoms with E-state index in [4.69, 9.17) is 4.74 Å². The molecule has 2 aliphatic rings. The van der Waals surface area contributed by atoms with Crippen molar-refractivity contribution < 1.29 is 23.9 Å². The van der Waals surface area contributed by atoms with Gasteiger partial charge in [0.2, 0.25) is 11.8 Å². The molecule has 4 atom stereocenters. The van der Waals surface area contributed by atoms with Crippen LogP contribution in [0.3, 0.4) is 0 Å². The summed E-state index contributed by atoms with van der Waals surface area (Å²) in [5, 5.41) is 7.76. The summed E-state index contributed by atoms with van der Waals surface area (Å²) in [4.78, 5) is 61.7. The predicted octanol–water partition coefficient (Wildman–Crippen LogP) is 2.43. The smallest absolute Gasteiger partial charge is 0.325 e. The van der Waals surface area contributed by atoms with E-state index in [1.807, 2.05) is 38.1 Å². The summed E-state index contributed by atoms with van der Waals surface area (Å²) in [6, 6.07) is 3.19. The van der Waals surface area contributed by atoms with E-state index in [0.717, 1.165) is 10.9 Å². The van der Waals surface area contributed by atoms with Gasteiger partial charge < -0.3 is 15.4 Å². The van der Waals surface area contributed by atoms with Crippen molar-refractivity contribution in [3.8, 4) is 0 Å². The molecule has 0 radical (unpaired) electrons. The van der Waals surface area contributed by atoms with Gasteiger partial charge in [-0.15, -0.1) is 0 Å². The second-order valence-corrected chi connectivity index (χ2v) is 11.4. The third-order valence-electron chi connectivity index (χ3n) is 7.26. The number of carbonyl (C=O) groups excluding carboxylic acids is 4. The Hall–Kier alpha value is -3.86. The van der Waals surface area contributed by atoms with Gasteiger partial charge in [-0.05, 0) is 58.1 Å². The summed E-state index contributed by atoms with van der Waals surface area (Å²) >= 11 is 0. The third kappa shape index (κ3) is 6.47. The van der Waals surface area contributed by atoms with Gasteiger partial charge in [-0.1, -0.05) is 38.1 Å². The van der Waals surface area contributed by atoms with E-state index >= 15 is 0 Å². The number of cyclic esters (lactones) is 1. The fraction of sp³-hybridized carbons (Fsp3) is 0.517. The van der Waals surface area contributed by atoms with Crippen molar-refractivity contribution in [2.75, 3.05) is 6.54 Å². The van der Waals surface area contributed by atoms with Gasteiger partial charge in [-0.25, -0.2) is 15.4 Å². The SMILES string of the molecule is CC1NC(=O)C(C(C)C)NC(=O)C(C)(C)C=Cc2ccc3cnc(nc3c2)C(C)OC(=O)C2CCCN(N2)C1=O. The fourth-order valence-electron chi connectivity index (χ4n) is 4.62. The Morgan fingerprint density at radius 3 is 2.58 bits per heavy atom. The molecule has 3 heterocycles. The van der Waals surface area contributed by atoms with Crippen molar-refractivity contribution in [2.24, 2.45) is 11.3 Å². The summed E-state index contributed by atoms with van der Waals surface area (Å²) in [5.74, 6) is -1.56. The van der Waals surface area contributed by atoms with Crippen molar-refractivity contribution in [2.45, 2.75) is 78.6 Å². The minimum Gasteiger partial charge on any atom is -0.453 e. The number of rotatable bonds is 1. The molecule has 11 nitrogen and oxygen atoms in total. The average molecular weight is 551 g/mol. The van der Waals surface area contributed by atoms with Crippen molar-refractivity contribution in [3.05, 3.63) is 41.9 Å². The predicted molar refractivity (Wildman–Crippen MR) is 149 cm³/mol. The second kappa shape index (κ2) is 11.7. The van der Waals surface area contributed by atoms with E-state index in [9.17, 15) is 19.2 Å². The van der Waals surface area contributed by atoms with E-state index in [-0.39, 0.29) is 11.8 Å². The minimum absolute atomic E-state index is 0.226. The number of nitrogens with one attached hydrogen (secondary N) is 3. The first kappa shape index (κ1) is 29.1. The highest BCUT2D eigenvalue weighted by Crippen LogP contribution is 2.24. The second-order valence-electron chi connectivity index (χ2n) is 11.4. The molecule has 214 valence electrons. The van der Waals surface area contributed by atoms with E-state index in [1.165, 1.54) is 5.01 Å². The van der Waals surface area contributed by atoms with E-state index in [0.29, 0.717) is 30.7 Å². The molecule has 0 spiro atoms. The van der Waals surface area contributed by atoms with Crippen LogP contribution in [0.25, 0.3) is 17.0 Å². The maximum atomic E-state index is 13.3. The first-order valence-electron chi connectivity index (χ1n) is 13.7. The molecular weight excluding hydrogens is 512 g/mol. The average Bonchev–Trinajstić information content (AvgIpc) is 2.92. The first-order valence-corrected chi connectivity index (χ1v) is 13.7. The Morgan fingerprint density at radius 2 is 1.85 bits per heavy atom. The lowest BCUT2D eigenvalue weighted by atomic mass is 9.89. The number of amides is 3. The molecule has 2 aliphatic heterocycles. The van der Waals surface area contributed by atoms with Crippen LogP contribution in [-0.2, 0) is 23.9 Å². The van der Waals surface area contributed by atoms with Gasteiger partial charge in [-0.2, -0.15) is 0 Å². The molecule has 3 N–H and O–H groups in total. The molecule has 40 heavy (non-hydrogen) atoms. The molecule has 0 saturated carbocycles. The number of aromatic nitrogens is 2. The lowest BCUT2D eigenvalue weighted by Gasteiger charge is -2.35. The molecule has 3 amide bonds. The highest BCUT2D eigenvalue weighted by atomic mass is 16.5. The van der Waals surface area contributed by atoms with Crippen LogP contribution in [0.15, 0.2) is 30.5 Å². The summed E-state index contributed by atoms with van der Waals surface area (Å²) in [7, 11) is 0. The lowest BCUT2D eigenvalue weighted by Crippen LogP contribution is -2.61. The molecule has 2 aromatic rings. The van der Waals surface area contributed by atoms with Crippen molar-refractivity contribution >= 4 is 40.7 Å². The Kier molecular flexibility index (Phi) is 8.53. The van der Waals surface area contributed by atoms with Crippen LogP contribution < -0.4 is 16.1 Å². The van der Waals surface area contributed by atoms with E-state index < -0.39 is 47.4 Å². The van der Waals surface area contributed by atoms with Gasteiger partial charge in [0.05, 0.1) is 10.9 Å². The van der Waals surface area contributed by atoms with Gasteiger partial charge in [0, 0.05) is 18.1 Å². The number of benzene rings is 1. The van der Waals surface area contributed by atoms with Crippen LogP contribution in [-0.4, -0.2) is 63.3 Å². The number of ether oxygens (including phenoxy) is 1. The number of carbonyl (C=O) groups is 4. The molecule has 1 aromatic carbocycles. The number of fused-ring (bicyclic) bond motifs is 4. The fourth-order valence-corrected chi connectivity index (χ4v) is 4.62. The molecule has 4 unspecified atom stereocenters. The van der Waals surface area contributed by atoms with Gasteiger partial charge >= 0.3 is 5.97 Å². The van der Waals surface area contributed by atoms with Gasteiger partial charge in [0.15, 0.2) is 11.9 Å². The molecule has 4 rings (SSSR count). The first-order chi connectivity index (χ1) is 18.9. The topological polar surface area (TPSA) is 143 Å². The van der Waals surface area contributed by atoms with Crippen molar-refractivity contribution in [1.82, 2.24) is 31.0 Å². The number of hydrazine groups is 1. The van der Waals surface area contributed by atoms with Crippen LogP contribution >= 0.6 is 0 Å². The quantitative estimate of drug-likeness (QED) is 0.460. The third-order valence-corrected chi connectivity index (χ3v) is 7.26. The lowest BCUT2D eigenvalue weighted by molar-refractivity contribution is -0.157. The van der Waals surface area contributed by atoms with Gasteiger partial charge in [-0.3, -0.25) is 24.2 Å². The number of hydrogen-bond donors (Lipinski definition) is 3. The summed E-state index contributed by atoms with van der Waals surface area (Å²) in [6.07, 6.45) is 5.64. The molecule has 1 fully saturated rings. The highest BCUT2D eigenvalue weighted by molar-refractivity contribution is 5.94. The highest BCUT2D eigenvalue weighted by Gasteiger charge is 2.35. The van der Waals surface area contributed by atoms with Crippen LogP contribution in [0.5, 0.6) is 0 Å². The zero-order valence-electron chi connectivity index (χ0n) is 23.9. The largest absolute Gasteiger partial charge is 0.453 e. The van der Waals surface area contributed by atoms with Gasteiger partial charge in [0.1, 0.15) is 18.1 Å². The maximum absolute atomic E-state index is 13.3. The van der Waals surface area contributed by atoms with Crippen LogP contribution in [0.4, 0.5) is 0 Å². The summed E-state index contributed by atoms with van der Waals surface area (Å²) < 4.78 is 5.68. The minimum atomic E-state index is -0.936. The Labute approximate surface area is 234 Å². The zero-order chi connectivity index (χ0) is 29.2. The molecule has 1 aromatic heterocycles. The Balaban J connectivity index is 1.70. The van der Waals surface area contributed by atoms with Crippen molar-refractivity contribution in [3.63, 3.8) is 0 Å². The van der Waals surface area contributed by atoms with Crippen LogP contribution in [0, 0.1) is 11.3 Å². The standard InChI is InChI=1S/C29H38N6O5/c1-16(2)23-25(36)31-17(3)26(37)35-13-7-8-21(34-35)27(38)40-18(4)24-30-15-20-10-9-19(14-22(20)32-24)11-12-29(5,6)28(39)33-23/h9-12,14-18,21,23,34H,7-8,13H2,1-6H3,(H,31,36)(H,33,39). The maximum Gasteiger partial charge on any atom is 0.325 e. The Bertz CT molecular complexity index is 1340. The zero-order valence-corrected chi connectivity index (χ0v) is 23.9. The normalized spacial score (nSPS) is 26.4. The number of hydrogen-bond acceptors (Lipinski definition) is 8. The van der Waals surface area contributed by atoms with Crippen LogP contribution in [0.1, 0.15) is 71.9 Å². The van der Waals surface area contributed by atoms with E-state index in [1.54, 1.807) is 40.0 Å². The monoisotopic (exact) mass is 550 g/mol. The Morgan fingerprint density at radius 1 is 1.10 bits per heavy atom. The van der Waals surface area contributed by atoms with Gasteiger partial charge in [0.25, 0.3) is 5.91 Å². The summed E-state index contributed by atoms with van der Waals surface area (Å²) in [5.41, 5.74) is 3.51. The molecule has 1 saturated heterocycles. The molecule has 0 aliphatic carbocycles. The number of nitrogens with zero attached hydrogens (tertiary/aromatic N) is 3. The van der Waals surface area contributed by atoms with E-state index in [2.05, 4.69) is 26.0 Å². The van der Waals surface area contributed by atoms with Crippen LogP contribution in [0.2, 0.25) is 0 Å². The van der Waals surface area contributed by atoms with Crippen molar-refractivity contribution in [1.29, 1.82) is 0 Å². The molecule has 5 bridgehead atoms. The molecular formula is C29H38N6O5. The molecule has 11 heteroatoms.